The zero-order valence-electron chi connectivity index (χ0n) is 10.9. The van der Waals surface area contributed by atoms with Gasteiger partial charge < -0.3 is 9.73 Å². The molecule has 0 spiro atoms. The quantitative estimate of drug-likeness (QED) is 0.856. The highest BCUT2D eigenvalue weighted by molar-refractivity contribution is 5.81. The van der Waals surface area contributed by atoms with Gasteiger partial charge in [0.15, 0.2) is 0 Å². The van der Waals surface area contributed by atoms with Crippen LogP contribution < -0.4 is 10.6 Å². The summed E-state index contributed by atoms with van der Waals surface area (Å²) < 4.78 is 41.0. The molecule has 1 aromatic rings. The van der Waals surface area contributed by atoms with Crippen LogP contribution in [0.4, 0.5) is 13.2 Å². The van der Waals surface area contributed by atoms with E-state index in [0.29, 0.717) is 11.7 Å². The maximum absolute atomic E-state index is 11.9. The van der Waals surface area contributed by atoms with Gasteiger partial charge in [0.05, 0.1) is 18.3 Å². The highest BCUT2D eigenvalue weighted by Crippen LogP contribution is 2.12. The number of amides is 1. The molecule has 0 radical (unpaired) electrons. The lowest BCUT2D eigenvalue weighted by Gasteiger charge is -2.14. The Morgan fingerprint density at radius 2 is 2.05 bits per heavy atom. The molecule has 1 rings (SSSR count). The molecule has 1 atom stereocenters. The van der Waals surface area contributed by atoms with Crippen molar-refractivity contribution in [2.45, 2.75) is 39.5 Å². The van der Waals surface area contributed by atoms with Gasteiger partial charge in [-0.2, -0.15) is 13.2 Å². The van der Waals surface area contributed by atoms with Crippen molar-refractivity contribution < 1.29 is 22.4 Å². The number of oxazole rings is 1. The monoisotopic (exact) mass is 279 g/mol. The molecule has 1 aromatic heterocycles. The van der Waals surface area contributed by atoms with E-state index < -0.39 is 24.7 Å². The van der Waals surface area contributed by atoms with Crippen LogP contribution in [0.15, 0.2) is 4.42 Å². The molecule has 5 nitrogen and oxygen atoms in total. The van der Waals surface area contributed by atoms with Gasteiger partial charge in [-0.25, -0.2) is 4.98 Å². The molecule has 108 valence electrons. The maximum atomic E-state index is 11.9. The normalized spacial score (nSPS) is 13.4. The Balaban J connectivity index is 2.38. The summed E-state index contributed by atoms with van der Waals surface area (Å²) >= 11 is 0. The Morgan fingerprint density at radius 1 is 1.42 bits per heavy atom. The first-order valence-electron chi connectivity index (χ1n) is 5.70. The molecular formula is C11H16F3N3O2. The lowest BCUT2D eigenvalue weighted by Crippen LogP contribution is -2.45. The van der Waals surface area contributed by atoms with E-state index in [2.05, 4.69) is 10.3 Å². The molecule has 0 aliphatic carbocycles. The van der Waals surface area contributed by atoms with Crippen molar-refractivity contribution in [3.63, 3.8) is 0 Å². The number of carbonyl (C=O) groups excluding carboxylic acids is 1. The molecule has 0 bridgehead atoms. The minimum absolute atomic E-state index is 0.176. The summed E-state index contributed by atoms with van der Waals surface area (Å²) in [5, 5.41) is 4.54. The van der Waals surface area contributed by atoms with Crippen LogP contribution in [0.5, 0.6) is 0 Å². The first-order valence-corrected chi connectivity index (χ1v) is 5.70. The molecule has 0 aliphatic rings. The van der Waals surface area contributed by atoms with E-state index in [1.807, 2.05) is 0 Å². The van der Waals surface area contributed by atoms with Gasteiger partial charge >= 0.3 is 6.18 Å². The molecule has 0 aromatic carbocycles. The molecule has 0 fully saturated rings. The van der Waals surface area contributed by atoms with Crippen molar-refractivity contribution in [3.8, 4) is 0 Å². The van der Waals surface area contributed by atoms with Crippen molar-refractivity contribution in [1.82, 2.24) is 15.6 Å². The number of aryl methyl sites for hydroxylation is 2. The smallest absolute Gasteiger partial charge is 0.405 e. The minimum Gasteiger partial charge on any atom is -0.444 e. The van der Waals surface area contributed by atoms with E-state index in [1.165, 1.54) is 6.92 Å². The zero-order valence-corrected chi connectivity index (χ0v) is 10.9. The fourth-order valence-electron chi connectivity index (χ4n) is 1.29. The fraction of sp³-hybridized carbons (Fsp3) is 0.636. The topological polar surface area (TPSA) is 67.2 Å². The first kappa shape index (κ1) is 15.5. The lowest BCUT2D eigenvalue weighted by atomic mass is 10.3. The van der Waals surface area contributed by atoms with Crippen molar-refractivity contribution in [3.05, 3.63) is 17.3 Å². The molecular weight excluding hydrogens is 263 g/mol. The van der Waals surface area contributed by atoms with Crippen LogP contribution in [0, 0.1) is 13.8 Å². The Hall–Kier alpha value is -1.57. The fourth-order valence-corrected chi connectivity index (χ4v) is 1.29. The number of alkyl halides is 3. The average Bonchev–Trinajstić information content (AvgIpc) is 2.61. The Kier molecular flexibility index (Phi) is 4.93. The summed E-state index contributed by atoms with van der Waals surface area (Å²) in [6.07, 6.45) is -4.41. The van der Waals surface area contributed by atoms with Crippen LogP contribution in [-0.4, -0.2) is 29.7 Å². The van der Waals surface area contributed by atoms with Crippen LogP contribution in [-0.2, 0) is 11.3 Å². The summed E-state index contributed by atoms with van der Waals surface area (Å²) in [5.41, 5.74) is 0.742. The molecule has 1 heterocycles. The van der Waals surface area contributed by atoms with Gasteiger partial charge in [-0.05, 0) is 20.8 Å². The Bertz CT molecular complexity index is 423. The number of hydrogen-bond donors (Lipinski definition) is 2. The van der Waals surface area contributed by atoms with E-state index in [0.717, 1.165) is 5.69 Å². The average molecular weight is 279 g/mol. The van der Waals surface area contributed by atoms with Gasteiger partial charge in [0.25, 0.3) is 0 Å². The van der Waals surface area contributed by atoms with Crippen LogP contribution in [0.3, 0.4) is 0 Å². The van der Waals surface area contributed by atoms with E-state index in [9.17, 15) is 18.0 Å². The van der Waals surface area contributed by atoms with Crippen molar-refractivity contribution in [2.24, 2.45) is 0 Å². The zero-order chi connectivity index (χ0) is 14.6. The molecule has 1 amide bonds. The van der Waals surface area contributed by atoms with Gasteiger partial charge in [-0.1, -0.05) is 0 Å². The summed E-state index contributed by atoms with van der Waals surface area (Å²) in [7, 11) is 0. The molecule has 19 heavy (non-hydrogen) atoms. The van der Waals surface area contributed by atoms with E-state index in [-0.39, 0.29) is 6.54 Å². The minimum atomic E-state index is -4.41. The second-order valence-electron chi connectivity index (χ2n) is 4.18. The van der Waals surface area contributed by atoms with Crippen molar-refractivity contribution >= 4 is 5.91 Å². The second kappa shape index (κ2) is 6.05. The number of carbonyl (C=O) groups is 1. The number of hydrogen-bond acceptors (Lipinski definition) is 4. The van der Waals surface area contributed by atoms with E-state index >= 15 is 0 Å². The summed E-state index contributed by atoms with van der Waals surface area (Å²) in [5.74, 6) is 0.341. The standard InChI is InChI=1S/C11H16F3N3O2/c1-6-8(3)19-9(17-6)4-15-7(2)10(18)16-5-11(12,13)14/h7,15H,4-5H2,1-3H3,(H,16,18). The van der Waals surface area contributed by atoms with Gasteiger partial charge in [-0.3, -0.25) is 10.1 Å². The van der Waals surface area contributed by atoms with Crippen molar-refractivity contribution in [2.75, 3.05) is 6.54 Å². The lowest BCUT2D eigenvalue weighted by molar-refractivity contribution is -0.139. The van der Waals surface area contributed by atoms with Gasteiger partial charge in [-0.15, -0.1) is 0 Å². The highest BCUT2D eigenvalue weighted by atomic mass is 19.4. The molecule has 0 saturated heterocycles. The van der Waals surface area contributed by atoms with E-state index in [4.69, 9.17) is 4.42 Å². The molecule has 1 unspecified atom stereocenters. The summed E-state index contributed by atoms with van der Waals surface area (Å²) in [6, 6.07) is -0.769. The maximum Gasteiger partial charge on any atom is 0.405 e. The summed E-state index contributed by atoms with van der Waals surface area (Å²) in [4.78, 5) is 15.4. The molecule has 8 heteroatoms. The van der Waals surface area contributed by atoms with Crippen LogP contribution >= 0.6 is 0 Å². The predicted molar refractivity (Wildman–Crippen MR) is 61.3 cm³/mol. The number of nitrogens with one attached hydrogen (secondary N) is 2. The van der Waals surface area contributed by atoms with Crippen LogP contribution in [0.25, 0.3) is 0 Å². The third kappa shape index (κ3) is 5.29. The Morgan fingerprint density at radius 3 is 2.53 bits per heavy atom. The van der Waals surface area contributed by atoms with Crippen molar-refractivity contribution in [1.29, 1.82) is 0 Å². The Labute approximate surface area is 108 Å². The molecule has 0 saturated carbocycles. The number of rotatable bonds is 5. The third-order valence-electron chi connectivity index (χ3n) is 2.49. The van der Waals surface area contributed by atoms with Gasteiger partial charge in [0.2, 0.25) is 11.8 Å². The van der Waals surface area contributed by atoms with Crippen LogP contribution in [0.1, 0.15) is 24.3 Å². The number of nitrogens with zero attached hydrogens (tertiary/aromatic N) is 1. The molecule has 2 N–H and O–H groups in total. The van der Waals surface area contributed by atoms with Crippen LogP contribution in [0.2, 0.25) is 0 Å². The molecule has 0 aliphatic heterocycles. The van der Waals surface area contributed by atoms with Gasteiger partial charge in [0.1, 0.15) is 12.3 Å². The predicted octanol–water partition coefficient (Wildman–Crippen LogP) is 1.45. The van der Waals surface area contributed by atoms with E-state index in [1.54, 1.807) is 19.2 Å². The third-order valence-corrected chi connectivity index (χ3v) is 2.49. The second-order valence-corrected chi connectivity index (χ2v) is 4.18. The summed E-state index contributed by atoms with van der Waals surface area (Å²) in [6.45, 7) is 3.84. The number of halogens is 3. The largest absolute Gasteiger partial charge is 0.444 e. The first-order chi connectivity index (χ1) is 8.69. The SMILES string of the molecule is Cc1nc(CNC(C)C(=O)NCC(F)(F)F)oc1C. The number of aromatic nitrogens is 1. The van der Waals surface area contributed by atoms with Gasteiger partial charge in [0, 0.05) is 0 Å². The highest BCUT2D eigenvalue weighted by Gasteiger charge is 2.28.